The van der Waals surface area contributed by atoms with Crippen LogP contribution in [0.3, 0.4) is 0 Å². The highest BCUT2D eigenvalue weighted by atomic mass is 14.9. The van der Waals surface area contributed by atoms with Crippen LogP contribution in [0.15, 0.2) is 24.3 Å². The Labute approximate surface area is 80.2 Å². The van der Waals surface area contributed by atoms with E-state index in [2.05, 4.69) is 42.4 Å². The van der Waals surface area contributed by atoms with Crippen LogP contribution in [0.4, 0.5) is 0 Å². The number of rotatable bonds is 3. The summed E-state index contributed by atoms with van der Waals surface area (Å²) in [4.78, 5) is 0. The molecule has 1 aromatic rings. The Morgan fingerprint density at radius 3 is 2.38 bits per heavy atom. The smallest absolute Gasteiger partial charge is 0.0940 e. The molecule has 0 aliphatic carbocycles. The first-order chi connectivity index (χ1) is 6.31. The zero-order chi connectivity index (χ0) is 9.68. The molecule has 0 radical (unpaired) electrons. The van der Waals surface area contributed by atoms with Gasteiger partial charge >= 0.3 is 0 Å². The van der Waals surface area contributed by atoms with Crippen LogP contribution in [-0.2, 0) is 6.42 Å². The largest absolute Gasteiger partial charge is 0.303 e. The summed E-state index contributed by atoms with van der Waals surface area (Å²) >= 11 is 0. The molecule has 0 saturated heterocycles. The maximum atomic E-state index is 5.37. The molecule has 1 aromatic carbocycles. The maximum absolute atomic E-state index is 5.37. The molecule has 68 valence electrons. The van der Waals surface area contributed by atoms with E-state index < -0.39 is 0 Å². The first kappa shape index (κ1) is 9.83. The Bertz CT molecular complexity index is 292. The van der Waals surface area contributed by atoms with Crippen LogP contribution in [0.25, 0.3) is 0 Å². The number of benzene rings is 1. The van der Waals surface area contributed by atoms with Crippen molar-refractivity contribution in [2.75, 3.05) is 7.05 Å². The molecule has 0 aromatic heterocycles. The lowest BCUT2D eigenvalue weighted by atomic mass is 10.0. The van der Waals surface area contributed by atoms with Gasteiger partial charge in [-0.25, -0.2) is 0 Å². The third kappa shape index (κ3) is 2.34. The number of aryl methyl sites for hydroxylation is 1. The van der Waals surface area contributed by atoms with Gasteiger partial charge in [-0.1, -0.05) is 37.1 Å². The van der Waals surface area contributed by atoms with E-state index >= 15 is 0 Å². The van der Waals surface area contributed by atoms with Gasteiger partial charge in [0.1, 0.15) is 0 Å². The van der Waals surface area contributed by atoms with Gasteiger partial charge in [0.05, 0.1) is 6.04 Å². The molecule has 0 heterocycles. The molecule has 1 N–H and O–H groups in total. The SMILES string of the molecule is C#CC(NC)c1ccc(CC)cc1. The summed E-state index contributed by atoms with van der Waals surface area (Å²) in [5, 5.41) is 3.07. The number of terminal acetylenes is 1. The van der Waals surface area contributed by atoms with E-state index in [0.717, 1.165) is 12.0 Å². The fraction of sp³-hybridized carbons (Fsp3) is 0.333. The molecule has 0 bridgehead atoms. The zero-order valence-electron chi connectivity index (χ0n) is 8.17. The first-order valence-electron chi connectivity index (χ1n) is 4.54. The van der Waals surface area contributed by atoms with Crippen LogP contribution in [0.1, 0.15) is 24.1 Å². The number of hydrogen-bond acceptors (Lipinski definition) is 1. The van der Waals surface area contributed by atoms with Gasteiger partial charge in [-0.2, -0.15) is 0 Å². The van der Waals surface area contributed by atoms with Gasteiger partial charge in [0.25, 0.3) is 0 Å². The molecule has 1 rings (SSSR count). The lowest BCUT2D eigenvalue weighted by molar-refractivity contribution is 0.736. The second-order valence-corrected chi connectivity index (χ2v) is 2.98. The minimum absolute atomic E-state index is 0.0332. The third-order valence-corrected chi connectivity index (χ3v) is 2.18. The standard InChI is InChI=1S/C12H15N/c1-4-10-6-8-11(9-7-10)12(5-2)13-3/h2,6-9,12-13H,4H2,1,3H3. The van der Waals surface area contributed by atoms with Crippen LogP contribution >= 0.6 is 0 Å². The summed E-state index contributed by atoms with van der Waals surface area (Å²) in [5.74, 6) is 2.69. The summed E-state index contributed by atoms with van der Waals surface area (Å²) in [5.41, 5.74) is 2.50. The van der Waals surface area contributed by atoms with Gasteiger partial charge in [0, 0.05) is 0 Å². The van der Waals surface area contributed by atoms with E-state index in [9.17, 15) is 0 Å². The zero-order valence-corrected chi connectivity index (χ0v) is 8.17. The van der Waals surface area contributed by atoms with Gasteiger partial charge in [0.2, 0.25) is 0 Å². The van der Waals surface area contributed by atoms with Crippen molar-refractivity contribution < 1.29 is 0 Å². The van der Waals surface area contributed by atoms with Crippen LogP contribution in [0.2, 0.25) is 0 Å². The van der Waals surface area contributed by atoms with Gasteiger partial charge in [-0.05, 0) is 24.6 Å². The van der Waals surface area contributed by atoms with Gasteiger partial charge in [-0.3, -0.25) is 0 Å². The molecular formula is C12H15N. The third-order valence-electron chi connectivity index (χ3n) is 2.18. The minimum Gasteiger partial charge on any atom is -0.303 e. The van der Waals surface area contributed by atoms with Gasteiger partial charge in [-0.15, -0.1) is 6.42 Å². The summed E-state index contributed by atoms with van der Waals surface area (Å²) in [6, 6.07) is 8.44. The fourth-order valence-corrected chi connectivity index (χ4v) is 1.29. The van der Waals surface area contributed by atoms with E-state index in [1.165, 1.54) is 5.56 Å². The Balaban J connectivity index is 2.86. The molecule has 0 saturated carbocycles. The van der Waals surface area contributed by atoms with Crippen LogP contribution in [0.5, 0.6) is 0 Å². The Morgan fingerprint density at radius 2 is 2.00 bits per heavy atom. The van der Waals surface area contributed by atoms with Crippen LogP contribution in [-0.4, -0.2) is 7.05 Å². The van der Waals surface area contributed by atoms with E-state index in [1.807, 2.05) is 7.05 Å². The van der Waals surface area contributed by atoms with Gasteiger partial charge in [0.15, 0.2) is 0 Å². The average Bonchev–Trinajstić information content (AvgIpc) is 2.21. The molecular weight excluding hydrogens is 158 g/mol. The minimum atomic E-state index is 0.0332. The van der Waals surface area contributed by atoms with E-state index in [1.54, 1.807) is 0 Å². The van der Waals surface area contributed by atoms with Crippen molar-refractivity contribution in [3.05, 3.63) is 35.4 Å². The molecule has 1 atom stereocenters. The number of nitrogens with one attached hydrogen (secondary N) is 1. The predicted octanol–water partition coefficient (Wildman–Crippen LogP) is 2.14. The normalized spacial score (nSPS) is 12.1. The summed E-state index contributed by atoms with van der Waals surface area (Å²) < 4.78 is 0. The lowest BCUT2D eigenvalue weighted by Gasteiger charge is -2.09. The van der Waals surface area contributed by atoms with Gasteiger partial charge < -0.3 is 5.32 Å². The second-order valence-electron chi connectivity index (χ2n) is 2.98. The van der Waals surface area contributed by atoms with Crippen molar-refractivity contribution in [1.82, 2.24) is 5.32 Å². The molecule has 1 unspecified atom stereocenters. The molecule has 0 fully saturated rings. The highest BCUT2D eigenvalue weighted by Gasteiger charge is 2.03. The van der Waals surface area contributed by atoms with Crippen LogP contribution in [0, 0.1) is 12.3 Å². The van der Waals surface area contributed by atoms with Crippen molar-refractivity contribution >= 4 is 0 Å². The highest BCUT2D eigenvalue weighted by Crippen LogP contribution is 2.12. The molecule has 1 nitrogen and oxygen atoms in total. The fourth-order valence-electron chi connectivity index (χ4n) is 1.29. The first-order valence-corrected chi connectivity index (χ1v) is 4.54. The quantitative estimate of drug-likeness (QED) is 0.690. The molecule has 0 aliphatic rings. The molecule has 13 heavy (non-hydrogen) atoms. The second kappa shape index (κ2) is 4.69. The van der Waals surface area contributed by atoms with Crippen molar-refractivity contribution in [3.63, 3.8) is 0 Å². The molecule has 0 amide bonds. The molecule has 0 aliphatic heterocycles. The van der Waals surface area contributed by atoms with Crippen molar-refractivity contribution in [1.29, 1.82) is 0 Å². The predicted molar refractivity (Wildman–Crippen MR) is 56.5 cm³/mol. The topological polar surface area (TPSA) is 12.0 Å². The average molecular weight is 173 g/mol. The summed E-state index contributed by atoms with van der Waals surface area (Å²) in [7, 11) is 1.87. The van der Waals surface area contributed by atoms with E-state index in [0.29, 0.717) is 0 Å². The summed E-state index contributed by atoms with van der Waals surface area (Å²) in [6.07, 6.45) is 6.44. The monoisotopic (exact) mass is 173 g/mol. The Kier molecular flexibility index (Phi) is 3.54. The van der Waals surface area contributed by atoms with Crippen molar-refractivity contribution in [2.24, 2.45) is 0 Å². The van der Waals surface area contributed by atoms with Crippen molar-refractivity contribution in [3.8, 4) is 12.3 Å². The molecule has 1 heteroatoms. The highest BCUT2D eigenvalue weighted by molar-refractivity contribution is 5.29. The Hall–Kier alpha value is -1.26. The van der Waals surface area contributed by atoms with E-state index in [4.69, 9.17) is 6.42 Å². The lowest BCUT2D eigenvalue weighted by Crippen LogP contribution is -2.13. The maximum Gasteiger partial charge on any atom is 0.0940 e. The Morgan fingerprint density at radius 1 is 1.38 bits per heavy atom. The van der Waals surface area contributed by atoms with Crippen molar-refractivity contribution in [2.45, 2.75) is 19.4 Å². The van der Waals surface area contributed by atoms with E-state index in [-0.39, 0.29) is 6.04 Å². The number of hydrogen-bond donors (Lipinski definition) is 1. The van der Waals surface area contributed by atoms with Crippen LogP contribution < -0.4 is 5.32 Å². The summed E-state index contributed by atoms with van der Waals surface area (Å²) in [6.45, 7) is 2.14. The molecule has 0 spiro atoms.